The van der Waals surface area contributed by atoms with Crippen LogP contribution < -0.4 is 0 Å². The van der Waals surface area contributed by atoms with Crippen molar-refractivity contribution in [3.8, 4) is 5.69 Å². The minimum Gasteiger partial charge on any atom is -0.378 e. The Balaban J connectivity index is 2.59. The molecule has 1 aromatic heterocycles. The molecule has 0 spiro atoms. The van der Waals surface area contributed by atoms with Gasteiger partial charge in [0.1, 0.15) is 0 Å². The number of nitrogens with zero attached hydrogens (tertiary/aromatic N) is 3. The highest BCUT2D eigenvalue weighted by Crippen LogP contribution is 2.31. The monoisotopic (exact) mass is 281 g/mol. The third-order valence-corrected chi connectivity index (χ3v) is 2.92. The van der Waals surface area contributed by atoms with Gasteiger partial charge in [0.15, 0.2) is 5.69 Å². The molecule has 2 rings (SSSR count). The summed E-state index contributed by atoms with van der Waals surface area (Å²) >= 11 is 6.05. The number of nitro groups is 1. The topological polar surface area (TPSA) is 70.2 Å². The summed E-state index contributed by atoms with van der Waals surface area (Å²) in [6.45, 7) is 1.96. The highest BCUT2D eigenvalue weighted by molar-refractivity contribution is 6.32. The van der Waals surface area contributed by atoms with E-state index >= 15 is 0 Å². The zero-order valence-electron chi connectivity index (χ0n) is 10.5. The third-order valence-electron chi connectivity index (χ3n) is 2.59. The first kappa shape index (κ1) is 13.5. The van der Waals surface area contributed by atoms with E-state index in [0.717, 1.165) is 5.56 Å². The molecule has 0 saturated carbocycles. The lowest BCUT2D eigenvalue weighted by Crippen LogP contribution is -1.98. The molecule has 100 valence electrons. The lowest BCUT2D eigenvalue weighted by molar-refractivity contribution is -0.385. The summed E-state index contributed by atoms with van der Waals surface area (Å²) in [6, 6.07) is 7.39. The van der Waals surface area contributed by atoms with E-state index in [0.29, 0.717) is 5.69 Å². The molecule has 0 aliphatic rings. The van der Waals surface area contributed by atoms with E-state index in [1.807, 2.05) is 25.1 Å². The van der Waals surface area contributed by atoms with E-state index in [1.54, 1.807) is 6.07 Å². The summed E-state index contributed by atoms with van der Waals surface area (Å²) in [7, 11) is 1.45. The van der Waals surface area contributed by atoms with E-state index in [1.165, 1.54) is 11.8 Å². The maximum atomic E-state index is 11.0. The number of aromatic nitrogens is 2. The van der Waals surface area contributed by atoms with Crippen LogP contribution >= 0.6 is 11.6 Å². The second-order valence-corrected chi connectivity index (χ2v) is 4.39. The van der Waals surface area contributed by atoms with Crippen LogP contribution in [0.2, 0.25) is 5.15 Å². The number of hydrogen-bond donors (Lipinski definition) is 0. The van der Waals surface area contributed by atoms with Crippen LogP contribution in [0.25, 0.3) is 5.69 Å². The molecule has 0 radical (unpaired) electrons. The first-order valence-corrected chi connectivity index (χ1v) is 5.90. The Kier molecular flexibility index (Phi) is 3.82. The van der Waals surface area contributed by atoms with E-state index in [9.17, 15) is 10.1 Å². The van der Waals surface area contributed by atoms with Gasteiger partial charge in [-0.3, -0.25) is 10.1 Å². The predicted octanol–water partition coefficient (Wildman–Crippen LogP) is 2.89. The second kappa shape index (κ2) is 5.38. The molecule has 0 atom stereocenters. The van der Waals surface area contributed by atoms with Crippen LogP contribution in [0.3, 0.4) is 0 Å². The van der Waals surface area contributed by atoms with Gasteiger partial charge in [0.05, 0.1) is 17.2 Å². The van der Waals surface area contributed by atoms with Gasteiger partial charge in [0, 0.05) is 7.11 Å². The number of benzene rings is 1. The van der Waals surface area contributed by atoms with Crippen LogP contribution in [0, 0.1) is 17.0 Å². The van der Waals surface area contributed by atoms with E-state index in [2.05, 4.69) is 5.10 Å². The van der Waals surface area contributed by atoms with Gasteiger partial charge >= 0.3 is 5.69 Å². The molecule has 7 heteroatoms. The number of halogens is 1. The van der Waals surface area contributed by atoms with Crippen LogP contribution in [0.15, 0.2) is 24.3 Å². The zero-order valence-corrected chi connectivity index (χ0v) is 11.2. The van der Waals surface area contributed by atoms with Gasteiger partial charge < -0.3 is 4.74 Å². The first-order valence-electron chi connectivity index (χ1n) is 5.52. The van der Waals surface area contributed by atoms with Gasteiger partial charge in [-0.05, 0) is 24.6 Å². The number of hydrogen-bond acceptors (Lipinski definition) is 4. The SMILES string of the molecule is COCc1nn(-c2cccc(C)c2)c(Cl)c1[N+](=O)[O-]. The Morgan fingerprint density at radius 2 is 2.26 bits per heavy atom. The highest BCUT2D eigenvalue weighted by Gasteiger charge is 2.27. The van der Waals surface area contributed by atoms with Crippen molar-refractivity contribution in [2.24, 2.45) is 0 Å². The van der Waals surface area contributed by atoms with Crippen LogP contribution in [-0.4, -0.2) is 21.8 Å². The Bertz CT molecular complexity index is 625. The van der Waals surface area contributed by atoms with Crippen LogP contribution in [0.4, 0.5) is 5.69 Å². The molecule has 0 bridgehead atoms. The molecule has 0 aliphatic heterocycles. The van der Waals surface area contributed by atoms with E-state index in [-0.39, 0.29) is 23.1 Å². The van der Waals surface area contributed by atoms with Crippen LogP contribution in [0.1, 0.15) is 11.3 Å². The molecule has 2 aromatic rings. The fraction of sp³-hybridized carbons (Fsp3) is 0.250. The molecule has 0 fully saturated rings. The summed E-state index contributed by atoms with van der Waals surface area (Å²) in [5.74, 6) is 0. The Labute approximate surface area is 114 Å². The first-order chi connectivity index (χ1) is 9.04. The summed E-state index contributed by atoms with van der Waals surface area (Å²) in [5.41, 5.74) is 1.68. The second-order valence-electron chi connectivity index (χ2n) is 4.03. The fourth-order valence-electron chi connectivity index (χ4n) is 1.78. The quantitative estimate of drug-likeness (QED) is 0.638. The average molecular weight is 282 g/mol. The number of methoxy groups -OCH3 is 1. The minimum atomic E-state index is -0.546. The molecule has 0 unspecified atom stereocenters. The lowest BCUT2D eigenvalue weighted by atomic mass is 10.2. The highest BCUT2D eigenvalue weighted by atomic mass is 35.5. The third kappa shape index (κ3) is 2.59. The van der Waals surface area contributed by atoms with Gasteiger partial charge in [0.25, 0.3) is 0 Å². The normalized spacial score (nSPS) is 10.7. The molecule has 1 heterocycles. The van der Waals surface area contributed by atoms with Gasteiger partial charge in [-0.25, -0.2) is 4.68 Å². The standard InChI is InChI=1S/C12H12ClN3O3/c1-8-4-3-5-9(6-8)15-12(13)11(16(17)18)10(14-15)7-19-2/h3-6H,7H2,1-2H3. The summed E-state index contributed by atoms with van der Waals surface area (Å²) in [5, 5.41) is 15.2. The molecule has 6 nitrogen and oxygen atoms in total. The molecule has 0 aliphatic carbocycles. The average Bonchev–Trinajstić information content (AvgIpc) is 2.67. The summed E-state index contributed by atoms with van der Waals surface area (Å²) in [4.78, 5) is 10.5. The fourth-order valence-corrected chi connectivity index (χ4v) is 2.09. The number of rotatable bonds is 4. The maximum absolute atomic E-state index is 11.0. The number of aryl methyl sites for hydroxylation is 1. The van der Waals surface area contributed by atoms with Crippen molar-refractivity contribution in [3.63, 3.8) is 0 Å². The molecule has 0 N–H and O–H groups in total. The molecule has 0 amide bonds. The summed E-state index contributed by atoms with van der Waals surface area (Å²) in [6.07, 6.45) is 0. The number of ether oxygens (including phenoxy) is 1. The predicted molar refractivity (Wildman–Crippen MR) is 70.7 cm³/mol. The van der Waals surface area contributed by atoms with Gasteiger partial charge in [-0.1, -0.05) is 23.7 Å². The Hall–Kier alpha value is -1.92. The summed E-state index contributed by atoms with van der Waals surface area (Å²) < 4.78 is 6.26. The van der Waals surface area contributed by atoms with Gasteiger partial charge in [-0.2, -0.15) is 5.10 Å². The van der Waals surface area contributed by atoms with Crippen molar-refractivity contribution >= 4 is 17.3 Å². The maximum Gasteiger partial charge on any atom is 0.331 e. The van der Waals surface area contributed by atoms with Crippen molar-refractivity contribution in [1.29, 1.82) is 0 Å². The van der Waals surface area contributed by atoms with Crippen molar-refractivity contribution < 1.29 is 9.66 Å². The largest absolute Gasteiger partial charge is 0.378 e. The van der Waals surface area contributed by atoms with Gasteiger partial charge in [0.2, 0.25) is 5.15 Å². The van der Waals surface area contributed by atoms with Gasteiger partial charge in [-0.15, -0.1) is 0 Å². The molecular formula is C12H12ClN3O3. The van der Waals surface area contributed by atoms with Crippen molar-refractivity contribution in [1.82, 2.24) is 9.78 Å². The van der Waals surface area contributed by atoms with E-state index < -0.39 is 4.92 Å². The van der Waals surface area contributed by atoms with Crippen LogP contribution in [0.5, 0.6) is 0 Å². The molecule has 19 heavy (non-hydrogen) atoms. The van der Waals surface area contributed by atoms with Crippen molar-refractivity contribution in [2.75, 3.05) is 7.11 Å². The van der Waals surface area contributed by atoms with Crippen LogP contribution in [-0.2, 0) is 11.3 Å². The Morgan fingerprint density at radius 3 is 2.84 bits per heavy atom. The van der Waals surface area contributed by atoms with Crippen molar-refractivity contribution in [3.05, 3.63) is 50.8 Å². The smallest absolute Gasteiger partial charge is 0.331 e. The lowest BCUT2D eigenvalue weighted by Gasteiger charge is -2.02. The Morgan fingerprint density at radius 1 is 1.53 bits per heavy atom. The molecule has 0 saturated heterocycles. The molecule has 1 aromatic carbocycles. The minimum absolute atomic E-state index is 0.0253. The molecular weight excluding hydrogens is 270 g/mol. The van der Waals surface area contributed by atoms with Crippen molar-refractivity contribution in [2.45, 2.75) is 13.5 Å². The van der Waals surface area contributed by atoms with E-state index in [4.69, 9.17) is 16.3 Å². The zero-order chi connectivity index (χ0) is 14.0.